The summed E-state index contributed by atoms with van der Waals surface area (Å²) in [6.07, 6.45) is 5.19. The Morgan fingerprint density at radius 2 is 2.17 bits per heavy atom. The summed E-state index contributed by atoms with van der Waals surface area (Å²) in [5.74, 6) is -0.735. The summed E-state index contributed by atoms with van der Waals surface area (Å²) in [7, 11) is 0. The zero-order valence-corrected chi connectivity index (χ0v) is 14.1. The number of nitrogens with zero attached hydrogens (tertiary/aromatic N) is 1. The van der Waals surface area contributed by atoms with E-state index in [4.69, 9.17) is 5.11 Å². The van der Waals surface area contributed by atoms with E-state index in [0.717, 1.165) is 19.3 Å². The summed E-state index contributed by atoms with van der Waals surface area (Å²) >= 11 is 1.51. The van der Waals surface area contributed by atoms with Crippen LogP contribution in [0.25, 0.3) is 0 Å². The van der Waals surface area contributed by atoms with Crippen molar-refractivity contribution >= 4 is 23.6 Å². The molecule has 1 heterocycles. The minimum absolute atomic E-state index is 0.0404. The zero-order chi connectivity index (χ0) is 16.8. The van der Waals surface area contributed by atoms with Crippen LogP contribution >= 0.6 is 11.8 Å². The van der Waals surface area contributed by atoms with Crippen LogP contribution in [0.5, 0.6) is 0 Å². The molecule has 0 radical (unpaired) electrons. The summed E-state index contributed by atoms with van der Waals surface area (Å²) in [6.45, 7) is 0.637. The van der Waals surface area contributed by atoms with E-state index >= 15 is 0 Å². The summed E-state index contributed by atoms with van der Waals surface area (Å²) in [4.78, 5) is 25.3. The number of benzene rings is 1. The van der Waals surface area contributed by atoms with Gasteiger partial charge in [-0.2, -0.15) is 11.8 Å². The molecule has 126 valence electrons. The van der Waals surface area contributed by atoms with Crippen molar-refractivity contribution in [2.45, 2.75) is 43.9 Å². The molecular formula is C17H22FNO3S. The maximum absolute atomic E-state index is 13.7. The predicted molar refractivity (Wildman–Crippen MR) is 89.2 cm³/mol. The first kappa shape index (κ1) is 17.8. The van der Waals surface area contributed by atoms with Crippen molar-refractivity contribution in [1.29, 1.82) is 0 Å². The second-order valence-electron chi connectivity index (χ2n) is 5.82. The molecule has 1 aliphatic heterocycles. The smallest absolute Gasteiger partial charge is 0.303 e. The lowest BCUT2D eigenvalue weighted by atomic mass is 9.96. The molecule has 1 atom stereocenters. The number of carbonyl (C=O) groups is 2. The number of hydrogen-bond donors (Lipinski definition) is 1. The number of carboxylic acids is 1. The fourth-order valence-electron chi connectivity index (χ4n) is 3.00. The summed E-state index contributed by atoms with van der Waals surface area (Å²) in [5.41, 5.74) is 1.01. The van der Waals surface area contributed by atoms with Gasteiger partial charge < -0.3 is 10.0 Å². The third-order valence-corrected chi connectivity index (χ3v) is 4.77. The van der Waals surface area contributed by atoms with Crippen molar-refractivity contribution in [3.63, 3.8) is 0 Å². The lowest BCUT2D eigenvalue weighted by molar-refractivity contribution is -0.137. The minimum atomic E-state index is -0.841. The number of amides is 1. The van der Waals surface area contributed by atoms with Crippen molar-refractivity contribution in [1.82, 2.24) is 4.90 Å². The Hall–Kier alpha value is -1.56. The number of rotatable bonds is 6. The highest BCUT2D eigenvalue weighted by Crippen LogP contribution is 2.24. The van der Waals surface area contributed by atoms with E-state index in [1.54, 1.807) is 11.0 Å². The van der Waals surface area contributed by atoms with Gasteiger partial charge >= 0.3 is 5.97 Å². The number of carbonyl (C=O) groups excluding carboxylic acids is 1. The summed E-state index contributed by atoms with van der Waals surface area (Å²) < 4.78 is 13.7. The molecule has 0 saturated carbocycles. The molecule has 0 aromatic heterocycles. The largest absolute Gasteiger partial charge is 0.481 e. The molecular weight excluding hydrogens is 317 g/mol. The second-order valence-corrected chi connectivity index (χ2v) is 6.69. The molecule has 1 aliphatic rings. The van der Waals surface area contributed by atoms with Crippen LogP contribution < -0.4 is 0 Å². The molecule has 1 fully saturated rings. The number of carboxylic acid groups (broad SMARTS) is 1. The highest BCUT2D eigenvalue weighted by atomic mass is 32.2. The van der Waals surface area contributed by atoms with E-state index in [1.165, 1.54) is 23.9 Å². The van der Waals surface area contributed by atoms with Crippen molar-refractivity contribution in [3.8, 4) is 0 Å². The summed E-state index contributed by atoms with van der Waals surface area (Å²) in [6, 6.07) is 4.44. The van der Waals surface area contributed by atoms with Gasteiger partial charge in [0, 0.05) is 30.3 Å². The van der Waals surface area contributed by atoms with Gasteiger partial charge in [-0.15, -0.1) is 0 Å². The van der Waals surface area contributed by atoms with Crippen LogP contribution in [0.2, 0.25) is 0 Å². The van der Waals surface area contributed by atoms with E-state index in [0.29, 0.717) is 29.8 Å². The monoisotopic (exact) mass is 339 g/mol. The maximum atomic E-state index is 13.7. The number of piperidine rings is 1. The third-order valence-electron chi connectivity index (χ3n) is 4.17. The standard InChI is InChI=1S/C17H22FNO3S/c1-23-11-13-10-12(5-7-15(13)18)17(22)19-9-3-2-4-14(19)6-8-16(20)21/h5,7,10,14H,2-4,6,8-9,11H2,1H3,(H,20,21)/t14-/m1/s1. The molecule has 1 N–H and O–H groups in total. The molecule has 1 aromatic carbocycles. The Morgan fingerprint density at radius 3 is 2.87 bits per heavy atom. The van der Waals surface area contributed by atoms with Crippen LogP contribution in [0, 0.1) is 5.82 Å². The van der Waals surface area contributed by atoms with Gasteiger partial charge in [0.2, 0.25) is 0 Å². The first-order valence-electron chi connectivity index (χ1n) is 7.83. The molecule has 1 saturated heterocycles. The van der Waals surface area contributed by atoms with Gasteiger partial charge in [0.15, 0.2) is 0 Å². The Balaban J connectivity index is 2.16. The SMILES string of the molecule is CSCc1cc(C(=O)N2CCCC[C@@H]2CCC(=O)O)ccc1F. The van der Waals surface area contributed by atoms with Gasteiger partial charge in [0.25, 0.3) is 5.91 Å². The average Bonchev–Trinajstić information content (AvgIpc) is 2.55. The van der Waals surface area contributed by atoms with E-state index in [1.807, 2.05) is 6.26 Å². The van der Waals surface area contributed by atoms with Crippen LogP contribution in [-0.2, 0) is 10.5 Å². The molecule has 2 rings (SSSR count). The fraction of sp³-hybridized carbons (Fsp3) is 0.529. The van der Waals surface area contributed by atoms with Crippen LogP contribution in [0.1, 0.15) is 48.0 Å². The van der Waals surface area contributed by atoms with Crippen molar-refractivity contribution in [3.05, 3.63) is 35.1 Å². The Labute approximate surface area is 140 Å². The average molecular weight is 339 g/mol. The van der Waals surface area contributed by atoms with E-state index < -0.39 is 5.97 Å². The van der Waals surface area contributed by atoms with Crippen LogP contribution in [0.3, 0.4) is 0 Å². The zero-order valence-electron chi connectivity index (χ0n) is 13.3. The molecule has 6 heteroatoms. The van der Waals surface area contributed by atoms with Crippen LogP contribution in [0.4, 0.5) is 4.39 Å². The highest BCUT2D eigenvalue weighted by Gasteiger charge is 2.28. The van der Waals surface area contributed by atoms with E-state index in [9.17, 15) is 14.0 Å². The van der Waals surface area contributed by atoms with Gasteiger partial charge in [0.05, 0.1) is 0 Å². The van der Waals surface area contributed by atoms with E-state index in [-0.39, 0.29) is 24.2 Å². The quantitative estimate of drug-likeness (QED) is 0.861. The fourth-order valence-corrected chi connectivity index (χ4v) is 3.53. The summed E-state index contributed by atoms with van der Waals surface area (Å²) in [5, 5.41) is 8.86. The maximum Gasteiger partial charge on any atom is 0.303 e. The third kappa shape index (κ3) is 4.70. The van der Waals surface area contributed by atoms with Gasteiger partial charge in [-0.25, -0.2) is 4.39 Å². The molecule has 1 aromatic rings. The normalized spacial score (nSPS) is 18.0. The Kier molecular flexibility index (Phi) is 6.45. The van der Waals surface area contributed by atoms with Crippen molar-refractivity contribution in [2.24, 2.45) is 0 Å². The van der Waals surface area contributed by atoms with Crippen molar-refractivity contribution in [2.75, 3.05) is 12.8 Å². The van der Waals surface area contributed by atoms with Gasteiger partial charge in [0.1, 0.15) is 5.82 Å². The highest BCUT2D eigenvalue weighted by molar-refractivity contribution is 7.97. The first-order chi connectivity index (χ1) is 11.0. The topological polar surface area (TPSA) is 57.6 Å². The lowest BCUT2D eigenvalue weighted by Gasteiger charge is -2.35. The number of thioether (sulfide) groups is 1. The molecule has 0 bridgehead atoms. The second kappa shape index (κ2) is 8.34. The van der Waals surface area contributed by atoms with Crippen LogP contribution in [0.15, 0.2) is 18.2 Å². The minimum Gasteiger partial charge on any atom is -0.481 e. The molecule has 0 spiro atoms. The van der Waals surface area contributed by atoms with Crippen LogP contribution in [-0.4, -0.2) is 40.7 Å². The predicted octanol–water partition coefficient (Wildman–Crippen LogP) is 3.55. The Morgan fingerprint density at radius 1 is 1.39 bits per heavy atom. The number of halogens is 1. The molecule has 23 heavy (non-hydrogen) atoms. The number of likely N-dealkylation sites (tertiary alicyclic amines) is 1. The number of hydrogen-bond acceptors (Lipinski definition) is 3. The molecule has 0 unspecified atom stereocenters. The molecule has 0 aliphatic carbocycles. The number of aliphatic carboxylic acids is 1. The van der Waals surface area contributed by atoms with Gasteiger partial charge in [-0.3, -0.25) is 9.59 Å². The first-order valence-corrected chi connectivity index (χ1v) is 9.22. The molecule has 1 amide bonds. The van der Waals surface area contributed by atoms with Crippen molar-refractivity contribution < 1.29 is 19.1 Å². The lowest BCUT2D eigenvalue weighted by Crippen LogP contribution is -2.44. The van der Waals surface area contributed by atoms with Gasteiger partial charge in [-0.1, -0.05) is 0 Å². The Bertz CT molecular complexity index is 579. The van der Waals surface area contributed by atoms with Gasteiger partial charge in [-0.05, 0) is 55.7 Å². The van der Waals surface area contributed by atoms with E-state index in [2.05, 4.69) is 0 Å². The molecule has 4 nitrogen and oxygen atoms in total.